The lowest BCUT2D eigenvalue weighted by atomic mass is 10.0. The number of hydrogen-bond acceptors (Lipinski definition) is 4. The zero-order valence-corrected chi connectivity index (χ0v) is 26.6. The van der Waals surface area contributed by atoms with Gasteiger partial charge in [0.1, 0.15) is 11.9 Å². The number of nitrogens with zero attached hydrogens (tertiary/aromatic N) is 2. The van der Waals surface area contributed by atoms with Gasteiger partial charge < -0.3 is 0 Å². The first-order valence-corrected chi connectivity index (χ1v) is 14.8. The van der Waals surface area contributed by atoms with Crippen LogP contribution in [0.1, 0.15) is 47.9 Å². The van der Waals surface area contributed by atoms with Crippen LogP contribution < -0.4 is 0 Å². The summed E-state index contributed by atoms with van der Waals surface area (Å²) in [6, 6.07) is 9.32. The molecule has 3 amide bonds. The summed E-state index contributed by atoms with van der Waals surface area (Å²) in [5.41, 5.74) is -0.0267. The van der Waals surface area contributed by atoms with Crippen molar-refractivity contribution < 1.29 is 23.6 Å². The highest BCUT2D eigenvalue weighted by Gasteiger charge is 2.49. The zero-order valence-electron chi connectivity index (χ0n) is 18.8. The van der Waals surface area contributed by atoms with Crippen molar-refractivity contribution in [1.29, 1.82) is 0 Å². The Labute approximate surface area is 259 Å². The summed E-state index contributed by atoms with van der Waals surface area (Å²) in [4.78, 5) is 55.3. The molecule has 3 aromatic carbocycles. The van der Waals surface area contributed by atoms with Crippen molar-refractivity contribution in [3.63, 3.8) is 0 Å². The zero-order chi connectivity index (χ0) is 27.9. The van der Waals surface area contributed by atoms with Gasteiger partial charge >= 0.3 is 0 Å². The fourth-order valence-electron chi connectivity index (χ4n) is 3.94. The third-order valence-corrected chi connectivity index (χ3v) is 11.0. The summed E-state index contributed by atoms with van der Waals surface area (Å²) in [5, 5.41) is 1.47. The van der Waals surface area contributed by atoms with Gasteiger partial charge in [0.25, 0.3) is 17.7 Å². The van der Waals surface area contributed by atoms with Crippen LogP contribution in [0.25, 0.3) is 0 Å². The maximum atomic E-state index is 14.0. The average molecular weight is 815 g/mol. The summed E-state index contributed by atoms with van der Waals surface area (Å²) in [7, 11) is 0. The number of carbonyl (C=O) groups excluding carboxylic acids is 4. The maximum Gasteiger partial charge on any atom is 0.282 e. The van der Waals surface area contributed by atoms with E-state index in [9.17, 15) is 23.6 Å². The quantitative estimate of drug-likeness (QED) is 0.0796. The second-order valence-corrected chi connectivity index (χ2v) is 11.9. The molecule has 196 valence electrons. The van der Waals surface area contributed by atoms with E-state index in [4.69, 9.17) is 23.2 Å². The molecular weight excluding hydrogens is 802 g/mol. The van der Waals surface area contributed by atoms with Gasteiger partial charge in [0.05, 0.1) is 21.7 Å². The summed E-state index contributed by atoms with van der Waals surface area (Å²) in [6.07, 6.45) is -0.128. The highest BCUT2D eigenvalue weighted by molar-refractivity contribution is 9.15. The Balaban J connectivity index is 1.94. The smallest absolute Gasteiger partial charge is 0.282 e. The van der Waals surface area contributed by atoms with E-state index in [0.29, 0.717) is 14.0 Å². The largest absolute Gasteiger partial charge is 0.292 e. The molecule has 0 spiro atoms. The van der Waals surface area contributed by atoms with Crippen LogP contribution in [0.15, 0.2) is 66.4 Å². The van der Waals surface area contributed by atoms with Gasteiger partial charge in [-0.15, -0.1) is 11.6 Å². The van der Waals surface area contributed by atoms with Gasteiger partial charge in [-0.3, -0.25) is 19.2 Å². The molecule has 0 radical (unpaired) electrons. The molecule has 3 aromatic rings. The van der Waals surface area contributed by atoms with Gasteiger partial charge in [-0.1, -0.05) is 23.7 Å². The molecule has 13 heteroatoms. The van der Waals surface area contributed by atoms with Gasteiger partial charge in [-0.25, -0.2) is 9.40 Å². The lowest BCUT2D eigenvalue weighted by molar-refractivity contribution is -0.00964. The first kappa shape index (κ1) is 29.4. The fraction of sp³-hybridized carbons (Fsp3) is 0.120. The normalized spacial score (nSPS) is 13.5. The van der Waals surface area contributed by atoms with Gasteiger partial charge in [-0.05, 0) is 107 Å². The highest BCUT2D eigenvalue weighted by atomic mass is 79.9. The number of hydrogen-bond donors (Lipinski definition) is 0. The molecule has 0 fully saturated rings. The molecule has 0 N–H and O–H groups in total. The number of Topliss-reactive ketones (excluding diaryl/α,β-unsaturated/α-hetero) is 1. The summed E-state index contributed by atoms with van der Waals surface area (Å²) < 4.78 is 15.0. The molecule has 0 unspecified atom stereocenters. The van der Waals surface area contributed by atoms with Crippen LogP contribution in [0.2, 0.25) is 5.02 Å². The van der Waals surface area contributed by atoms with Crippen LogP contribution in [-0.2, 0) is 0 Å². The number of ketones is 1. The topological polar surface area (TPSA) is 74.8 Å². The number of alkyl halides is 1. The van der Waals surface area contributed by atoms with E-state index < -0.39 is 35.4 Å². The molecule has 38 heavy (non-hydrogen) atoms. The van der Waals surface area contributed by atoms with Crippen molar-refractivity contribution in [3.05, 3.63) is 99.5 Å². The predicted molar refractivity (Wildman–Crippen MR) is 155 cm³/mol. The molecule has 4 rings (SSSR count). The van der Waals surface area contributed by atoms with Gasteiger partial charge in [-0.2, -0.15) is 5.01 Å². The number of benzene rings is 3. The van der Waals surface area contributed by atoms with Crippen molar-refractivity contribution in [1.82, 2.24) is 10.0 Å². The van der Waals surface area contributed by atoms with Crippen LogP contribution in [0.4, 0.5) is 4.39 Å². The number of carbonyl (C=O) groups is 4. The number of hydrazine groups is 1. The van der Waals surface area contributed by atoms with Gasteiger partial charge in [0.15, 0.2) is 5.78 Å². The van der Waals surface area contributed by atoms with E-state index in [0.717, 1.165) is 17.1 Å². The molecule has 6 nitrogen and oxygen atoms in total. The maximum absolute atomic E-state index is 14.0. The lowest BCUT2D eigenvalue weighted by Gasteiger charge is -2.36. The van der Waals surface area contributed by atoms with Gasteiger partial charge in [0.2, 0.25) is 0 Å². The molecule has 0 aliphatic carbocycles. The third-order valence-electron chi connectivity index (χ3n) is 5.72. The average Bonchev–Trinajstić information content (AvgIpc) is 3.16. The molecule has 0 bridgehead atoms. The highest BCUT2D eigenvalue weighted by Crippen LogP contribution is 2.46. The second-order valence-electron chi connectivity index (χ2n) is 7.92. The van der Waals surface area contributed by atoms with E-state index in [2.05, 4.69) is 63.7 Å². The van der Waals surface area contributed by atoms with E-state index in [1.807, 2.05) is 0 Å². The third kappa shape index (κ3) is 5.13. The number of rotatable bonds is 7. The summed E-state index contributed by atoms with van der Waals surface area (Å²) >= 11 is 25.8. The summed E-state index contributed by atoms with van der Waals surface area (Å²) in [5.74, 6) is -3.89. The first-order valence-electron chi connectivity index (χ1n) is 10.7. The molecule has 1 heterocycles. The number of amides is 3. The number of fused-ring (bicyclic) bond motifs is 1. The van der Waals surface area contributed by atoms with Crippen LogP contribution in [0.5, 0.6) is 0 Å². The standard InChI is InChI=1S/C25H13Br4Cl2FN2O4/c26-18-16-17(19(27)21(29)20(18)28)25(38)34(24(16)37)33(23(36)13-3-1-2-4-14(13)31)15(9-10-30)22(35)11-5-7-12(32)8-6-11/h1-8,15H,9-10H2/t15-/m0/s1. The Kier molecular flexibility index (Phi) is 9.16. The van der Waals surface area contributed by atoms with Crippen molar-refractivity contribution in [2.75, 3.05) is 5.88 Å². The first-order chi connectivity index (χ1) is 18.0. The predicted octanol–water partition coefficient (Wildman–Crippen LogP) is 8.06. The van der Waals surface area contributed by atoms with E-state index >= 15 is 0 Å². The Hall–Kier alpha value is -1.63. The van der Waals surface area contributed by atoms with Crippen LogP contribution in [0.3, 0.4) is 0 Å². The van der Waals surface area contributed by atoms with E-state index in [-0.39, 0.29) is 48.5 Å². The Morgan fingerprint density at radius 1 is 0.868 bits per heavy atom. The van der Waals surface area contributed by atoms with Crippen molar-refractivity contribution in [2.24, 2.45) is 0 Å². The molecule has 0 saturated carbocycles. The van der Waals surface area contributed by atoms with Crippen LogP contribution in [0, 0.1) is 5.82 Å². The minimum absolute atomic E-state index is 0.0206. The van der Waals surface area contributed by atoms with Crippen LogP contribution >= 0.6 is 86.9 Å². The SMILES string of the molecule is O=C(c1ccc(F)cc1)[C@H](CCCl)N(C(=O)c1ccccc1Cl)N1C(=O)c2c(Br)c(Br)c(Br)c(Br)c2C1=O. The van der Waals surface area contributed by atoms with Crippen molar-refractivity contribution >= 4 is 110 Å². The minimum Gasteiger partial charge on any atom is -0.292 e. The van der Waals surface area contributed by atoms with E-state index in [1.165, 1.54) is 24.3 Å². The molecule has 1 aliphatic rings. The summed E-state index contributed by atoms with van der Waals surface area (Å²) in [6.45, 7) is 0. The Morgan fingerprint density at radius 3 is 1.89 bits per heavy atom. The van der Waals surface area contributed by atoms with E-state index in [1.54, 1.807) is 12.1 Å². The number of imide groups is 1. The second kappa shape index (κ2) is 11.9. The Bertz CT molecular complexity index is 1460. The Morgan fingerprint density at radius 2 is 1.39 bits per heavy atom. The molecule has 1 atom stereocenters. The minimum atomic E-state index is -1.41. The number of halogens is 7. The fourth-order valence-corrected chi connectivity index (χ4v) is 6.82. The van der Waals surface area contributed by atoms with Crippen molar-refractivity contribution in [3.8, 4) is 0 Å². The molecule has 1 aliphatic heterocycles. The van der Waals surface area contributed by atoms with Crippen LogP contribution in [-0.4, -0.2) is 45.4 Å². The molecule has 0 aromatic heterocycles. The van der Waals surface area contributed by atoms with Gasteiger partial charge in [0, 0.05) is 29.3 Å². The van der Waals surface area contributed by atoms with Crippen molar-refractivity contribution in [2.45, 2.75) is 12.5 Å². The molecular formula is C25H13Br4Cl2FN2O4. The monoisotopic (exact) mass is 810 g/mol. The molecule has 0 saturated heterocycles. The lowest BCUT2D eigenvalue weighted by Crippen LogP contribution is -2.57.